The van der Waals surface area contributed by atoms with Gasteiger partial charge in [-0.3, -0.25) is 9.59 Å². The van der Waals surface area contributed by atoms with Crippen LogP contribution in [0.4, 0.5) is 0 Å². The van der Waals surface area contributed by atoms with E-state index in [2.05, 4.69) is 0 Å². The molecular weight excluding hydrogens is 312 g/mol. The minimum atomic E-state index is 0.0446. The Morgan fingerprint density at radius 3 is 2.20 bits per heavy atom. The fraction of sp³-hybridized carbons (Fsp3) is 0.190. The predicted octanol–water partition coefficient (Wildman–Crippen LogP) is 2.75. The highest BCUT2D eigenvalue weighted by Gasteiger charge is 2.14. The second-order valence-electron chi connectivity index (χ2n) is 6.41. The number of hydrogen-bond donors (Lipinski definition) is 0. The third-order valence-corrected chi connectivity index (χ3v) is 4.07. The van der Waals surface area contributed by atoms with E-state index in [1.165, 1.54) is 0 Å². The molecule has 0 spiro atoms. The van der Waals surface area contributed by atoms with Crippen molar-refractivity contribution in [3.8, 4) is 0 Å². The van der Waals surface area contributed by atoms with Gasteiger partial charge in [-0.2, -0.15) is 4.57 Å². The zero-order valence-electron chi connectivity index (χ0n) is 14.5. The van der Waals surface area contributed by atoms with Crippen molar-refractivity contribution >= 4 is 22.3 Å². The van der Waals surface area contributed by atoms with Gasteiger partial charge >= 0.3 is 0 Å². The molecule has 1 heterocycles. The van der Waals surface area contributed by atoms with E-state index in [0.717, 1.165) is 10.8 Å². The van der Waals surface area contributed by atoms with Crippen molar-refractivity contribution in [1.29, 1.82) is 0 Å². The smallest absolute Gasteiger partial charge is 0.227 e. The summed E-state index contributed by atoms with van der Waals surface area (Å²) in [5, 5.41) is 2.18. The van der Waals surface area contributed by atoms with Crippen molar-refractivity contribution in [3.05, 3.63) is 78.1 Å². The van der Waals surface area contributed by atoms with Crippen molar-refractivity contribution in [2.45, 2.75) is 6.54 Å². The summed E-state index contributed by atoms with van der Waals surface area (Å²) in [5.74, 6) is 0.112. The van der Waals surface area contributed by atoms with Gasteiger partial charge in [-0.05, 0) is 30.9 Å². The van der Waals surface area contributed by atoms with Gasteiger partial charge in [-0.1, -0.05) is 36.4 Å². The highest BCUT2D eigenvalue weighted by atomic mass is 16.1. The van der Waals surface area contributed by atoms with Crippen molar-refractivity contribution < 1.29 is 14.2 Å². The number of carbonyl (C=O) groups is 2. The summed E-state index contributed by atoms with van der Waals surface area (Å²) < 4.78 is 1.80. The van der Waals surface area contributed by atoms with Gasteiger partial charge in [0.2, 0.25) is 12.3 Å². The van der Waals surface area contributed by atoms with Gasteiger partial charge in [0.25, 0.3) is 0 Å². The number of hydrogen-bond acceptors (Lipinski definition) is 3. The first-order valence-electron chi connectivity index (χ1n) is 8.22. The van der Waals surface area contributed by atoms with Crippen LogP contribution in [-0.2, 0) is 6.54 Å². The molecule has 0 radical (unpaired) electrons. The molecule has 1 aromatic heterocycles. The van der Waals surface area contributed by atoms with Crippen LogP contribution < -0.4 is 4.57 Å². The highest BCUT2D eigenvalue weighted by molar-refractivity contribution is 5.99. The van der Waals surface area contributed by atoms with Crippen LogP contribution in [0, 0.1) is 0 Å². The number of ketones is 2. The van der Waals surface area contributed by atoms with Gasteiger partial charge < -0.3 is 4.90 Å². The molecule has 0 aliphatic rings. The standard InChI is InChI=1S/C21H21N2O2/c1-22(2)14-20(24)17-9-11-23(12-10-17)15-21(25)19-8-7-16-5-3-4-6-18(16)13-19/h3-13H,14-15H2,1-2H3/q+1. The Morgan fingerprint density at radius 1 is 0.840 bits per heavy atom. The van der Waals surface area contributed by atoms with Crippen LogP contribution in [0.3, 0.4) is 0 Å². The van der Waals surface area contributed by atoms with Crippen LogP contribution >= 0.6 is 0 Å². The summed E-state index contributed by atoms with van der Waals surface area (Å²) in [4.78, 5) is 26.4. The molecular formula is C21H21N2O2+. The monoisotopic (exact) mass is 333 g/mol. The minimum absolute atomic E-state index is 0.0446. The maximum Gasteiger partial charge on any atom is 0.227 e. The lowest BCUT2D eigenvalue weighted by atomic mass is 10.0. The average molecular weight is 333 g/mol. The first-order chi connectivity index (χ1) is 12.0. The summed E-state index contributed by atoms with van der Waals surface area (Å²) in [7, 11) is 3.73. The molecule has 2 aromatic carbocycles. The SMILES string of the molecule is CN(C)CC(=O)c1cc[n+](CC(=O)c2ccc3ccccc3c2)cc1. The molecule has 0 aliphatic heterocycles. The molecule has 4 heteroatoms. The van der Waals surface area contributed by atoms with E-state index < -0.39 is 0 Å². The van der Waals surface area contributed by atoms with Crippen LogP contribution in [0.5, 0.6) is 0 Å². The van der Waals surface area contributed by atoms with E-state index in [9.17, 15) is 9.59 Å². The molecule has 0 aliphatic carbocycles. The molecule has 3 aromatic rings. The lowest BCUT2D eigenvalue weighted by molar-refractivity contribution is -0.683. The largest absolute Gasteiger partial charge is 0.302 e. The molecule has 4 nitrogen and oxygen atoms in total. The zero-order valence-corrected chi connectivity index (χ0v) is 14.5. The Balaban J connectivity index is 1.72. The quantitative estimate of drug-likeness (QED) is 0.514. The van der Waals surface area contributed by atoms with Crippen LogP contribution in [0.15, 0.2) is 67.0 Å². The molecule has 0 amide bonds. The number of benzene rings is 2. The number of likely N-dealkylation sites (N-methyl/N-ethyl adjacent to an activating group) is 1. The predicted molar refractivity (Wildman–Crippen MR) is 97.8 cm³/mol. The third kappa shape index (κ3) is 4.17. The fourth-order valence-electron chi connectivity index (χ4n) is 2.75. The molecule has 25 heavy (non-hydrogen) atoms. The number of pyridine rings is 1. The molecule has 126 valence electrons. The summed E-state index contributed by atoms with van der Waals surface area (Å²) >= 11 is 0. The molecule has 0 bridgehead atoms. The van der Waals surface area contributed by atoms with E-state index in [0.29, 0.717) is 17.7 Å². The normalized spacial score (nSPS) is 11.0. The number of fused-ring (bicyclic) bond motifs is 1. The van der Waals surface area contributed by atoms with Crippen molar-refractivity contribution in [2.75, 3.05) is 20.6 Å². The number of carbonyl (C=O) groups excluding carboxylic acids is 2. The Morgan fingerprint density at radius 2 is 1.52 bits per heavy atom. The Hall–Kier alpha value is -2.85. The summed E-state index contributed by atoms with van der Waals surface area (Å²) in [6.07, 6.45) is 3.56. The Kier molecular flexibility index (Phi) is 5.00. The first-order valence-corrected chi connectivity index (χ1v) is 8.22. The second-order valence-corrected chi connectivity index (χ2v) is 6.41. The number of aromatic nitrogens is 1. The van der Waals surface area contributed by atoms with E-state index >= 15 is 0 Å². The Labute approximate surface area is 147 Å². The minimum Gasteiger partial charge on any atom is -0.302 e. The maximum atomic E-state index is 12.5. The average Bonchev–Trinajstić information content (AvgIpc) is 2.61. The summed E-state index contributed by atoms with van der Waals surface area (Å²) in [6.45, 7) is 0.626. The molecule has 0 fully saturated rings. The summed E-state index contributed by atoms with van der Waals surface area (Å²) in [5.41, 5.74) is 1.35. The zero-order chi connectivity index (χ0) is 17.8. The second kappa shape index (κ2) is 7.36. The van der Waals surface area contributed by atoms with Gasteiger partial charge in [0.1, 0.15) is 0 Å². The lowest BCUT2D eigenvalue weighted by Gasteiger charge is -2.07. The van der Waals surface area contributed by atoms with E-state index in [4.69, 9.17) is 0 Å². The van der Waals surface area contributed by atoms with Gasteiger partial charge in [0, 0.05) is 23.3 Å². The highest BCUT2D eigenvalue weighted by Crippen LogP contribution is 2.16. The number of rotatable bonds is 6. The molecule has 3 rings (SSSR count). The molecule has 0 saturated heterocycles. The van der Waals surface area contributed by atoms with Crippen molar-refractivity contribution in [1.82, 2.24) is 4.90 Å². The van der Waals surface area contributed by atoms with Crippen LogP contribution in [-0.4, -0.2) is 37.1 Å². The van der Waals surface area contributed by atoms with Crippen LogP contribution in [0.25, 0.3) is 10.8 Å². The maximum absolute atomic E-state index is 12.5. The molecule has 0 saturated carbocycles. The molecule has 0 unspecified atom stereocenters. The van der Waals surface area contributed by atoms with Gasteiger partial charge in [0.05, 0.1) is 6.54 Å². The molecule has 0 atom stereocenters. The Bertz CT molecular complexity index is 915. The van der Waals surface area contributed by atoms with Gasteiger partial charge in [0.15, 0.2) is 18.2 Å². The van der Waals surface area contributed by atoms with Crippen LogP contribution in [0.1, 0.15) is 20.7 Å². The van der Waals surface area contributed by atoms with E-state index in [-0.39, 0.29) is 18.1 Å². The third-order valence-electron chi connectivity index (χ3n) is 4.07. The van der Waals surface area contributed by atoms with Crippen molar-refractivity contribution in [3.63, 3.8) is 0 Å². The first kappa shape index (κ1) is 17.0. The molecule has 0 N–H and O–H groups in total. The fourth-order valence-corrected chi connectivity index (χ4v) is 2.75. The van der Waals surface area contributed by atoms with Crippen molar-refractivity contribution in [2.24, 2.45) is 0 Å². The van der Waals surface area contributed by atoms with E-state index in [1.807, 2.05) is 61.5 Å². The topological polar surface area (TPSA) is 41.3 Å². The van der Waals surface area contributed by atoms with Gasteiger partial charge in [-0.25, -0.2) is 0 Å². The van der Waals surface area contributed by atoms with E-state index in [1.54, 1.807) is 29.1 Å². The van der Waals surface area contributed by atoms with Crippen LogP contribution in [0.2, 0.25) is 0 Å². The summed E-state index contributed by atoms with van der Waals surface area (Å²) in [6, 6.07) is 17.3. The van der Waals surface area contributed by atoms with Gasteiger partial charge in [-0.15, -0.1) is 0 Å². The number of nitrogens with zero attached hydrogens (tertiary/aromatic N) is 2. The number of Topliss-reactive ketones (excluding diaryl/α,β-unsaturated/α-hetero) is 2. The lowest BCUT2D eigenvalue weighted by Crippen LogP contribution is -2.37.